The summed E-state index contributed by atoms with van der Waals surface area (Å²) in [5, 5.41) is 9.29. The van der Waals surface area contributed by atoms with Gasteiger partial charge in [-0.2, -0.15) is 0 Å². The van der Waals surface area contributed by atoms with Crippen molar-refractivity contribution < 1.29 is 14.6 Å². The number of likely N-dealkylation sites (N-methyl/N-ethyl adjacent to an activating group) is 1. The predicted molar refractivity (Wildman–Crippen MR) is 72.6 cm³/mol. The van der Waals surface area contributed by atoms with E-state index in [4.69, 9.17) is 15.2 Å². The third-order valence-corrected chi connectivity index (χ3v) is 2.52. The Kier molecular flexibility index (Phi) is 6.49. The maximum absolute atomic E-state index is 9.29. The second-order valence-electron chi connectivity index (χ2n) is 4.00. The number of hydrogen-bond acceptors (Lipinski definition) is 5. The zero-order valence-corrected chi connectivity index (χ0v) is 11.0. The molecule has 1 unspecified atom stereocenters. The molecule has 102 valence electrons. The molecule has 5 heteroatoms. The van der Waals surface area contributed by atoms with E-state index in [0.717, 1.165) is 17.9 Å². The number of nitrogens with zero attached hydrogens (tertiary/aromatic N) is 1. The first-order valence-corrected chi connectivity index (χ1v) is 6.07. The third kappa shape index (κ3) is 5.35. The largest absolute Gasteiger partial charge is 0.399 e. The molecule has 5 nitrogen and oxygen atoms in total. The number of aliphatic hydroxyl groups is 1. The van der Waals surface area contributed by atoms with Gasteiger partial charge in [-0.25, -0.2) is 0 Å². The highest BCUT2D eigenvalue weighted by Gasteiger charge is 2.04. The molecule has 0 spiro atoms. The normalized spacial score (nSPS) is 12.4. The minimum atomic E-state index is -0.836. The van der Waals surface area contributed by atoms with E-state index in [1.165, 1.54) is 0 Å². The van der Waals surface area contributed by atoms with Crippen molar-refractivity contribution in [2.24, 2.45) is 0 Å². The van der Waals surface area contributed by atoms with Crippen molar-refractivity contribution >= 4 is 11.4 Å². The number of ether oxygens (including phenoxy) is 2. The van der Waals surface area contributed by atoms with Gasteiger partial charge in [-0.15, -0.1) is 0 Å². The van der Waals surface area contributed by atoms with Crippen LogP contribution in [-0.4, -0.2) is 44.8 Å². The van der Waals surface area contributed by atoms with Gasteiger partial charge in [0.05, 0.1) is 13.2 Å². The first kappa shape index (κ1) is 14.8. The van der Waals surface area contributed by atoms with Crippen molar-refractivity contribution in [1.29, 1.82) is 0 Å². The first-order valence-electron chi connectivity index (χ1n) is 6.07. The molecule has 1 aromatic carbocycles. The van der Waals surface area contributed by atoms with E-state index in [-0.39, 0.29) is 6.61 Å². The monoisotopic (exact) mass is 254 g/mol. The summed E-state index contributed by atoms with van der Waals surface area (Å²) in [5.74, 6) is 0. The highest BCUT2D eigenvalue weighted by atomic mass is 16.6. The maximum Gasteiger partial charge on any atom is 0.178 e. The second kappa shape index (κ2) is 7.92. The zero-order chi connectivity index (χ0) is 13.4. The zero-order valence-electron chi connectivity index (χ0n) is 11.0. The van der Waals surface area contributed by atoms with Crippen LogP contribution >= 0.6 is 0 Å². The highest BCUT2D eigenvalue weighted by molar-refractivity contribution is 5.52. The van der Waals surface area contributed by atoms with Gasteiger partial charge < -0.3 is 25.2 Å². The molecule has 1 atom stereocenters. The molecule has 0 aliphatic rings. The molecule has 1 rings (SSSR count). The Balaban J connectivity index is 2.21. The predicted octanol–water partition coefficient (Wildman–Crippen LogP) is 1.08. The van der Waals surface area contributed by atoms with Crippen LogP contribution in [0, 0.1) is 0 Å². The molecule has 1 aromatic rings. The fraction of sp³-hybridized carbons (Fsp3) is 0.538. The third-order valence-electron chi connectivity index (χ3n) is 2.52. The van der Waals surface area contributed by atoms with Gasteiger partial charge in [0, 0.05) is 31.6 Å². The molecular weight excluding hydrogens is 232 g/mol. The minimum absolute atomic E-state index is 0.198. The van der Waals surface area contributed by atoms with Gasteiger partial charge in [0.15, 0.2) is 6.29 Å². The average Bonchev–Trinajstić information content (AvgIpc) is 2.35. The van der Waals surface area contributed by atoms with Crippen LogP contribution in [0.4, 0.5) is 11.4 Å². The lowest BCUT2D eigenvalue weighted by Gasteiger charge is -2.20. The van der Waals surface area contributed by atoms with E-state index in [1.54, 1.807) is 0 Å². The number of nitrogens with two attached hydrogens (primary N) is 1. The molecule has 0 aliphatic heterocycles. The molecule has 0 fully saturated rings. The summed E-state index contributed by atoms with van der Waals surface area (Å²) < 4.78 is 10.3. The van der Waals surface area contributed by atoms with E-state index in [2.05, 4.69) is 4.90 Å². The van der Waals surface area contributed by atoms with E-state index < -0.39 is 6.29 Å². The van der Waals surface area contributed by atoms with Crippen LogP contribution in [0.2, 0.25) is 0 Å². The summed E-state index contributed by atoms with van der Waals surface area (Å²) in [6.07, 6.45) is -0.836. The maximum atomic E-state index is 9.29. The van der Waals surface area contributed by atoms with E-state index in [0.29, 0.717) is 13.2 Å². The van der Waals surface area contributed by atoms with Gasteiger partial charge in [-0.3, -0.25) is 0 Å². The van der Waals surface area contributed by atoms with Gasteiger partial charge in [0.25, 0.3) is 0 Å². The molecule has 0 aliphatic carbocycles. The van der Waals surface area contributed by atoms with Crippen LogP contribution in [-0.2, 0) is 9.47 Å². The van der Waals surface area contributed by atoms with Crippen LogP contribution in [0.25, 0.3) is 0 Å². The number of rotatable bonds is 8. The number of aliphatic hydroxyl groups excluding tert-OH is 1. The number of benzene rings is 1. The fourth-order valence-corrected chi connectivity index (χ4v) is 1.48. The van der Waals surface area contributed by atoms with Gasteiger partial charge in [-0.1, -0.05) is 0 Å². The summed E-state index contributed by atoms with van der Waals surface area (Å²) in [6.45, 7) is 3.78. The molecule has 0 saturated heterocycles. The Morgan fingerprint density at radius 3 is 2.61 bits per heavy atom. The molecule has 0 amide bonds. The molecule has 18 heavy (non-hydrogen) atoms. The minimum Gasteiger partial charge on any atom is -0.399 e. The van der Waals surface area contributed by atoms with Crippen LogP contribution < -0.4 is 10.6 Å². The summed E-state index contributed by atoms with van der Waals surface area (Å²) in [4.78, 5) is 2.06. The Labute approximate surface area is 108 Å². The van der Waals surface area contributed by atoms with Crippen LogP contribution in [0.15, 0.2) is 24.3 Å². The summed E-state index contributed by atoms with van der Waals surface area (Å²) in [5.41, 5.74) is 7.46. The van der Waals surface area contributed by atoms with E-state index in [9.17, 15) is 5.11 Å². The highest BCUT2D eigenvalue weighted by Crippen LogP contribution is 2.14. The quantitative estimate of drug-likeness (QED) is 0.413. The van der Waals surface area contributed by atoms with E-state index >= 15 is 0 Å². The van der Waals surface area contributed by atoms with Crippen LogP contribution in [0.5, 0.6) is 0 Å². The Bertz CT molecular complexity index is 330. The average molecular weight is 254 g/mol. The van der Waals surface area contributed by atoms with Crippen molar-refractivity contribution in [3.05, 3.63) is 24.3 Å². The molecular formula is C13H22N2O3. The summed E-state index contributed by atoms with van der Waals surface area (Å²) in [6, 6.07) is 7.66. The standard InChI is InChI=1S/C13H22N2O3/c1-3-18-13(16)10-17-9-8-15(2)12-6-4-11(14)5-7-12/h4-7,13,16H,3,8-10,14H2,1-2H3. The lowest BCUT2D eigenvalue weighted by atomic mass is 10.2. The molecule has 0 heterocycles. The van der Waals surface area contributed by atoms with Gasteiger partial charge >= 0.3 is 0 Å². The number of hydrogen-bond donors (Lipinski definition) is 2. The van der Waals surface area contributed by atoms with Crippen molar-refractivity contribution in [3.8, 4) is 0 Å². The Morgan fingerprint density at radius 2 is 2.00 bits per heavy atom. The number of anilines is 2. The summed E-state index contributed by atoms with van der Waals surface area (Å²) in [7, 11) is 1.98. The van der Waals surface area contributed by atoms with Crippen molar-refractivity contribution in [2.75, 3.05) is 44.0 Å². The van der Waals surface area contributed by atoms with Gasteiger partial charge in [-0.05, 0) is 31.2 Å². The van der Waals surface area contributed by atoms with Crippen molar-refractivity contribution in [3.63, 3.8) is 0 Å². The lowest BCUT2D eigenvalue weighted by molar-refractivity contribution is -0.133. The smallest absolute Gasteiger partial charge is 0.178 e. The van der Waals surface area contributed by atoms with Gasteiger partial charge in [0.2, 0.25) is 0 Å². The Morgan fingerprint density at radius 1 is 1.33 bits per heavy atom. The SMILES string of the molecule is CCOC(O)COCCN(C)c1ccc(N)cc1. The number of nitrogen functional groups attached to an aromatic ring is 1. The van der Waals surface area contributed by atoms with Crippen LogP contribution in [0.3, 0.4) is 0 Å². The fourth-order valence-electron chi connectivity index (χ4n) is 1.48. The Hall–Kier alpha value is -1.30. The lowest BCUT2D eigenvalue weighted by Crippen LogP contribution is -2.25. The molecule has 3 N–H and O–H groups in total. The molecule has 0 radical (unpaired) electrons. The molecule has 0 aromatic heterocycles. The summed E-state index contributed by atoms with van der Waals surface area (Å²) >= 11 is 0. The van der Waals surface area contributed by atoms with Crippen LogP contribution in [0.1, 0.15) is 6.92 Å². The second-order valence-corrected chi connectivity index (χ2v) is 4.00. The van der Waals surface area contributed by atoms with Crippen molar-refractivity contribution in [2.45, 2.75) is 13.2 Å². The van der Waals surface area contributed by atoms with E-state index in [1.807, 2.05) is 38.2 Å². The first-order chi connectivity index (χ1) is 8.63. The topological polar surface area (TPSA) is 68.0 Å². The molecule has 0 bridgehead atoms. The molecule has 0 saturated carbocycles. The van der Waals surface area contributed by atoms with Crippen molar-refractivity contribution in [1.82, 2.24) is 0 Å². The van der Waals surface area contributed by atoms with Gasteiger partial charge in [0.1, 0.15) is 0 Å².